The number of aryl methyl sites for hydroxylation is 2. The highest BCUT2D eigenvalue weighted by molar-refractivity contribution is 9.11. The van der Waals surface area contributed by atoms with Crippen LogP contribution in [0.5, 0.6) is 0 Å². The lowest BCUT2D eigenvalue weighted by molar-refractivity contribution is 0.548. The minimum Gasteiger partial charge on any atom is -0.310 e. The molecule has 0 aliphatic carbocycles. The summed E-state index contributed by atoms with van der Waals surface area (Å²) in [5.41, 5.74) is 2.43. The Morgan fingerprint density at radius 1 is 1.20 bits per heavy atom. The number of hydrogen-bond acceptors (Lipinski definition) is 3. The number of thiazole rings is 1. The van der Waals surface area contributed by atoms with Crippen LogP contribution < -0.4 is 5.32 Å². The molecule has 0 saturated heterocycles. The highest BCUT2D eigenvalue weighted by Crippen LogP contribution is 2.28. The van der Waals surface area contributed by atoms with Crippen LogP contribution in [0.2, 0.25) is 0 Å². The largest absolute Gasteiger partial charge is 0.310 e. The van der Waals surface area contributed by atoms with Gasteiger partial charge in [-0.1, -0.05) is 38.8 Å². The van der Waals surface area contributed by atoms with Gasteiger partial charge in [0.2, 0.25) is 0 Å². The summed E-state index contributed by atoms with van der Waals surface area (Å²) in [7, 11) is 0. The molecule has 2 rings (SSSR count). The molecular weight excluding hydrogens is 400 g/mol. The molecule has 1 heterocycles. The summed E-state index contributed by atoms with van der Waals surface area (Å²) in [4.78, 5) is 5.97. The van der Waals surface area contributed by atoms with Gasteiger partial charge in [0.25, 0.3) is 0 Å². The maximum absolute atomic E-state index is 4.66. The molecule has 0 saturated carbocycles. The summed E-state index contributed by atoms with van der Waals surface area (Å²) in [6.07, 6.45) is 0.927. The number of hydrogen-bond donors (Lipinski definition) is 1. The third-order valence-electron chi connectivity index (χ3n) is 3.19. The summed E-state index contributed by atoms with van der Waals surface area (Å²) in [6, 6.07) is 6.69. The SMILES string of the molecule is CCNC(Cc1nc(C)c(C)s1)c1cc(Br)cc(Br)c1. The standard InChI is InChI=1S/C15H18Br2N2S/c1-4-18-14(8-15-19-9(2)10(3)20-15)11-5-12(16)7-13(17)6-11/h5-7,14,18H,4,8H2,1-3H3. The van der Waals surface area contributed by atoms with Crippen molar-refractivity contribution in [3.63, 3.8) is 0 Å². The maximum Gasteiger partial charge on any atom is 0.0949 e. The molecule has 2 nitrogen and oxygen atoms in total. The molecule has 0 bridgehead atoms. The molecule has 20 heavy (non-hydrogen) atoms. The van der Waals surface area contributed by atoms with Crippen LogP contribution in [0.15, 0.2) is 27.1 Å². The van der Waals surface area contributed by atoms with Crippen LogP contribution in [0.4, 0.5) is 0 Å². The number of nitrogens with zero attached hydrogens (tertiary/aromatic N) is 1. The van der Waals surface area contributed by atoms with Crippen molar-refractivity contribution in [2.75, 3.05) is 6.54 Å². The molecule has 1 aromatic heterocycles. The lowest BCUT2D eigenvalue weighted by atomic mass is 10.0. The molecule has 2 aromatic rings. The third-order valence-corrected chi connectivity index (χ3v) is 5.20. The number of likely N-dealkylation sites (N-methyl/N-ethyl adjacent to an activating group) is 1. The minimum atomic E-state index is 0.291. The summed E-state index contributed by atoms with van der Waals surface area (Å²) < 4.78 is 2.19. The van der Waals surface area contributed by atoms with Gasteiger partial charge in [-0.25, -0.2) is 4.98 Å². The molecule has 0 spiro atoms. The molecule has 0 amide bonds. The molecule has 0 aliphatic rings. The fraction of sp³-hybridized carbons (Fsp3) is 0.400. The summed E-state index contributed by atoms with van der Waals surface area (Å²) in [5, 5.41) is 4.75. The topological polar surface area (TPSA) is 24.9 Å². The molecule has 1 unspecified atom stereocenters. The molecule has 0 radical (unpaired) electrons. The highest BCUT2D eigenvalue weighted by atomic mass is 79.9. The van der Waals surface area contributed by atoms with E-state index < -0.39 is 0 Å². The lowest BCUT2D eigenvalue weighted by Crippen LogP contribution is -2.23. The van der Waals surface area contributed by atoms with Crippen molar-refractivity contribution >= 4 is 43.2 Å². The van der Waals surface area contributed by atoms with Crippen molar-refractivity contribution in [2.45, 2.75) is 33.2 Å². The van der Waals surface area contributed by atoms with Crippen molar-refractivity contribution in [3.05, 3.63) is 48.3 Å². The quantitative estimate of drug-likeness (QED) is 0.724. The predicted molar refractivity (Wildman–Crippen MR) is 93.6 cm³/mol. The summed E-state index contributed by atoms with van der Waals surface area (Å²) in [6.45, 7) is 7.29. The van der Waals surface area contributed by atoms with Crippen LogP contribution >= 0.6 is 43.2 Å². The van der Waals surface area contributed by atoms with Crippen molar-refractivity contribution in [1.82, 2.24) is 10.3 Å². The molecule has 1 N–H and O–H groups in total. The van der Waals surface area contributed by atoms with E-state index in [2.05, 4.69) is 81.1 Å². The number of nitrogens with one attached hydrogen (secondary N) is 1. The molecule has 0 aliphatic heterocycles. The van der Waals surface area contributed by atoms with E-state index >= 15 is 0 Å². The van der Waals surface area contributed by atoms with Crippen LogP contribution in [-0.2, 0) is 6.42 Å². The third kappa shape index (κ3) is 4.13. The van der Waals surface area contributed by atoms with E-state index in [0.29, 0.717) is 6.04 Å². The van der Waals surface area contributed by atoms with Crippen LogP contribution in [0.3, 0.4) is 0 Å². The number of aromatic nitrogens is 1. The van der Waals surface area contributed by atoms with Crippen molar-refractivity contribution < 1.29 is 0 Å². The Kier molecular flexibility index (Phi) is 5.78. The maximum atomic E-state index is 4.66. The zero-order chi connectivity index (χ0) is 14.7. The first-order chi connectivity index (χ1) is 9.49. The fourth-order valence-electron chi connectivity index (χ4n) is 2.13. The van der Waals surface area contributed by atoms with E-state index in [4.69, 9.17) is 0 Å². The average molecular weight is 418 g/mol. The van der Waals surface area contributed by atoms with Crippen LogP contribution in [0.25, 0.3) is 0 Å². The number of rotatable bonds is 5. The van der Waals surface area contributed by atoms with Crippen molar-refractivity contribution in [2.24, 2.45) is 0 Å². The first-order valence-electron chi connectivity index (χ1n) is 6.62. The summed E-state index contributed by atoms with van der Waals surface area (Å²) >= 11 is 8.92. The van der Waals surface area contributed by atoms with Crippen LogP contribution in [-0.4, -0.2) is 11.5 Å². The van der Waals surface area contributed by atoms with E-state index in [0.717, 1.165) is 27.6 Å². The zero-order valence-electron chi connectivity index (χ0n) is 11.8. The Bertz CT molecular complexity index is 556. The van der Waals surface area contributed by atoms with Crippen molar-refractivity contribution in [1.29, 1.82) is 0 Å². The van der Waals surface area contributed by atoms with Gasteiger partial charge >= 0.3 is 0 Å². The van der Waals surface area contributed by atoms with Crippen molar-refractivity contribution in [3.8, 4) is 0 Å². The molecule has 1 aromatic carbocycles. The first-order valence-corrected chi connectivity index (χ1v) is 9.02. The van der Waals surface area contributed by atoms with E-state index in [1.807, 2.05) is 0 Å². The van der Waals surface area contributed by atoms with E-state index in [-0.39, 0.29) is 0 Å². The van der Waals surface area contributed by atoms with Gasteiger partial charge in [0.05, 0.1) is 10.7 Å². The van der Waals surface area contributed by atoms with Crippen LogP contribution in [0.1, 0.15) is 34.1 Å². The molecular formula is C15H18Br2N2S. The number of benzene rings is 1. The van der Waals surface area contributed by atoms with Crippen LogP contribution in [0, 0.1) is 13.8 Å². The Morgan fingerprint density at radius 3 is 2.35 bits per heavy atom. The Balaban J connectivity index is 2.26. The second kappa shape index (κ2) is 7.16. The van der Waals surface area contributed by atoms with Gasteiger partial charge in [-0.05, 0) is 44.2 Å². The van der Waals surface area contributed by atoms with Gasteiger partial charge in [0.15, 0.2) is 0 Å². The molecule has 108 valence electrons. The van der Waals surface area contributed by atoms with Gasteiger partial charge < -0.3 is 5.32 Å². The smallest absolute Gasteiger partial charge is 0.0949 e. The Hall–Kier alpha value is -0.230. The average Bonchev–Trinajstić information content (AvgIpc) is 2.66. The van der Waals surface area contributed by atoms with Gasteiger partial charge in [0, 0.05) is 26.3 Å². The lowest BCUT2D eigenvalue weighted by Gasteiger charge is -2.18. The normalized spacial score (nSPS) is 12.7. The van der Waals surface area contributed by atoms with E-state index in [1.54, 1.807) is 11.3 Å². The van der Waals surface area contributed by atoms with Gasteiger partial charge in [-0.2, -0.15) is 0 Å². The molecule has 0 fully saturated rings. The second-order valence-corrected chi connectivity index (χ2v) is 7.89. The first kappa shape index (κ1) is 16.1. The highest BCUT2D eigenvalue weighted by Gasteiger charge is 2.15. The van der Waals surface area contributed by atoms with E-state index in [1.165, 1.54) is 15.4 Å². The zero-order valence-corrected chi connectivity index (χ0v) is 15.8. The van der Waals surface area contributed by atoms with E-state index in [9.17, 15) is 0 Å². The molecule has 5 heteroatoms. The minimum absolute atomic E-state index is 0.291. The second-order valence-electron chi connectivity index (χ2n) is 4.77. The van der Waals surface area contributed by atoms with Gasteiger partial charge in [-0.3, -0.25) is 0 Å². The summed E-state index contributed by atoms with van der Waals surface area (Å²) in [5.74, 6) is 0. The Morgan fingerprint density at radius 2 is 1.85 bits per heavy atom. The Labute approximate surface area is 141 Å². The van der Waals surface area contributed by atoms with Gasteiger partial charge in [-0.15, -0.1) is 11.3 Å². The fourth-order valence-corrected chi connectivity index (χ4v) is 4.44. The number of halogens is 2. The molecule has 1 atom stereocenters. The monoisotopic (exact) mass is 416 g/mol. The van der Waals surface area contributed by atoms with Gasteiger partial charge in [0.1, 0.15) is 0 Å². The predicted octanol–water partition coefficient (Wildman–Crippen LogP) is 5.18.